The number of hydrogen-bond acceptors (Lipinski definition) is 6. The molecule has 1 saturated carbocycles. The molecule has 2 aromatic rings. The van der Waals surface area contributed by atoms with Crippen molar-refractivity contribution in [2.24, 2.45) is 0 Å². The van der Waals surface area contributed by atoms with Crippen molar-refractivity contribution in [2.45, 2.75) is 44.9 Å². The number of carbonyl (C=O) groups excluding carboxylic acids is 1. The zero-order valence-corrected chi connectivity index (χ0v) is 15.8. The van der Waals surface area contributed by atoms with Crippen LogP contribution in [0.5, 0.6) is 5.75 Å². The van der Waals surface area contributed by atoms with E-state index in [4.69, 9.17) is 4.74 Å². The maximum atomic E-state index is 13.3. The molecule has 4 rings (SSSR count). The number of ether oxygens (including phenoxy) is 1. The predicted octanol–water partition coefficient (Wildman–Crippen LogP) is 2.86. The van der Waals surface area contributed by atoms with E-state index >= 15 is 0 Å². The van der Waals surface area contributed by atoms with Crippen molar-refractivity contribution in [1.82, 2.24) is 9.97 Å². The maximum absolute atomic E-state index is 13.3. The SMILES string of the molecule is Cc1nc(N[C@H]2C[C@H](Oc3ccc(F)c(F)c3)C2)nc2c1NC(=O)[C@H](C)N2C. The van der Waals surface area contributed by atoms with Gasteiger partial charge in [-0.1, -0.05) is 0 Å². The first-order valence-corrected chi connectivity index (χ1v) is 9.12. The van der Waals surface area contributed by atoms with Crippen LogP contribution in [0.4, 0.5) is 26.2 Å². The Labute approximate surface area is 161 Å². The van der Waals surface area contributed by atoms with Gasteiger partial charge in [0.15, 0.2) is 17.5 Å². The Kier molecular flexibility index (Phi) is 4.52. The summed E-state index contributed by atoms with van der Waals surface area (Å²) < 4.78 is 31.9. The summed E-state index contributed by atoms with van der Waals surface area (Å²) in [4.78, 5) is 22.8. The lowest BCUT2D eigenvalue weighted by atomic mass is 9.89. The Bertz CT molecular complexity index is 933. The summed E-state index contributed by atoms with van der Waals surface area (Å²) in [5.74, 6) is -0.419. The molecule has 1 aromatic heterocycles. The average molecular weight is 389 g/mol. The van der Waals surface area contributed by atoms with Crippen molar-refractivity contribution in [3.05, 3.63) is 35.5 Å². The number of amides is 1. The molecule has 9 heteroatoms. The summed E-state index contributed by atoms with van der Waals surface area (Å²) in [6.07, 6.45) is 1.31. The molecular formula is C19H21F2N5O2. The minimum atomic E-state index is -0.921. The smallest absolute Gasteiger partial charge is 0.246 e. The zero-order valence-electron chi connectivity index (χ0n) is 15.8. The van der Waals surface area contributed by atoms with Gasteiger partial charge >= 0.3 is 0 Å². The molecule has 0 bridgehead atoms. The number of nitrogens with zero attached hydrogens (tertiary/aromatic N) is 3. The number of nitrogens with one attached hydrogen (secondary N) is 2. The molecule has 2 aliphatic rings. The number of carbonyl (C=O) groups is 1. The van der Waals surface area contributed by atoms with Gasteiger partial charge in [0.2, 0.25) is 11.9 Å². The van der Waals surface area contributed by atoms with Crippen LogP contribution in [-0.4, -0.2) is 41.1 Å². The molecule has 7 nitrogen and oxygen atoms in total. The molecule has 1 amide bonds. The van der Waals surface area contributed by atoms with Gasteiger partial charge in [0, 0.05) is 32.0 Å². The highest BCUT2D eigenvalue weighted by atomic mass is 19.2. The van der Waals surface area contributed by atoms with E-state index in [1.807, 2.05) is 25.8 Å². The molecule has 1 atom stereocenters. The standard InChI is InChI=1S/C19H21F2N5O2/c1-9-16-17(26(3)10(2)18(27)24-16)25-19(22-9)23-11-6-13(7-11)28-12-4-5-14(20)15(21)8-12/h4-5,8,10-11,13H,6-7H2,1-3H3,(H,24,27)(H,22,23,25)/t10-,11-,13-/m0/s1. The predicted molar refractivity (Wildman–Crippen MR) is 101 cm³/mol. The number of anilines is 3. The second-order valence-electron chi connectivity index (χ2n) is 7.24. The lowest BCUT2D eigenvalue weighted by Gasteiger charge is -2.36. The molecule has 2 N–H and O–H groups in total. The summed E-state index contributed by atoms with van der Waals surface area (Å²) in [7, 11) is 1.83. The monoisotopic (exact) mass is 389 g/mol. The van der Waals surface area contributed by atoms with Gasteiger partial charge < -0.3 is 20.3 Å². The van der Waals surface area contributed by atoms with Gasteiger partial charge in [-0.25, -0.2) is 13.8 Å². The van der Waals surface area contributed by atoms with Crippen molar-refractivity contribution in [3.8, 4) is 5.75 Å². The highest BCUT2D eigenvalue weighted by molar-refractivity contribution is 6.03. The first-order chi connectivity index (χ1) is 13.3. The number of rotatable bonds is 4. The fourth-order valence-corrected chi connectivity index (χ4v) is 3.32. The maximum Gasteiger partial charge on any atom is 0.246 e. The normalized spacial score (nSPS) is 23.5. The lowest BCUT2D eigenvalue weighted by Crippen LogP contribution is -2.45. The van der Waals surface area contributed by atoms with E-state index in [9.17, 15) is 13.6 Å². The highest BCUT2D eigenvalue weighted by Gasteiger charge is 2.33. The van der Waals surface area contributed by atoms with Gasteiger partial charge in [-0.15, -0.1) is 0 Å². The van der Waals surface area contributed by atoms with Crippen LogP contribution in [0.1, 0.15) is 25.5 Å². The molecule has 1 aromatic carbocycles. The third kappa shape index (κ3) is 3.32. The molecule has 148 valence electrons. The van der Waals surface area contributed by atoms with Crippen LogP contribution in [0.15, 0.2) is 18.2 Å². The van der Waals surface area contributed by atoms with Gasteiger partial charge in [-0.2, -0.15) is 4.98 Å². The van der Waals surface area contributed by atoms with Gasteiger partial charge in [0.05, 0.1) is 5.69 Å². The summed E-state index contributed by atoms with van der Waals surface area (Å²) in [6, 6.07) is 3.33. The number of hydrogen-bond donors (Lipinski definition) is 2. The summed E-state index contributed by atoms with van der Waals surface area (Å²) in [5.41, 5.74) is 1.32. The van der Waals surface area contributed by atoms with Crippen LogP contribution in [0.25, 0.3) is 0 Å². The topological polar surface area (TPSA) is 79.4 Å². The number of halogens is 2. The number of fused-ring (bicyclic) bond motifs is 1. The van der Waals surface area contributed by atoms with Crippen molar-refractivity contribution >= 4 is 23.4 Å². The molecule has 0 radical (unpaired) electrons. The molecule has 2 heterocycles. The fourth-order valence-electron chi connectivity index (χ4n) is 3.32. The van der Waals surface area contributed by atoms with Crippen LogP contribution >= 0.6 is 0 Å². The minimum Gasteiger partial charge on any atom is -0.490 e. The molecule has 0 unspecified atom stereocenters. The van der Waals surface area contributed by atoms with E-state index in [0.29, 0.717) is 41.7 Å². The van der Waals surface area contributed by atoms with Gasteiger partial charge in [-0.3, -0.25) is 4.79 Å². The molecule has 0 saturated heterocycles. The van der Waals surface area contributed by atoms with E-state index in [-0.39, 0.29) is 24.1 Å². The summed E-state index contributed by atoms with van der Waals surface area (Å²) >= 11 is 0. The Morgan fingerprint density at radius 3 is 2.71 bits per heavy atom. The number of likely N-dealkylation sites (N-methyl/N-ethyl adjacent to an activating group) is 1. The third-order valence-corrected chi connectivity index (χ3v) is 5.24. The Hall–Kier alpha value is -2.97. The van der Waals surface area contributed by atoms with Crippen LogP contribution in [0, 0.1) is 18.6 Å². The van der Waals surface area contributed by atoms with Crippen molar-refractivity contribution in [2.75, 3.05) is 22.6 Å². The summed E-state index contributed by atoms with van der Waals surface area (Å²) in [6.45, 7) is 3.64. The van der Waals surface area contributed by atoms with Gasteiger partial charge in [0.25, 0.3) is 0 Å². The second-order valence-corrected chi connectivity index (χ2v) is 7.24. The first kappa shape index (κ1) is 18.4. The average Bonchev–Trinajstić information content (AvgIpc) is 2.62. The molecule has 1 fully saturated rings. The van der Waals surface area contributed by atoms with Gasteiger partial charge in [-0.05, 0) is 26.0 Å². The Morgan fingerprint density at radius 2 is 2.00 bits per heavy atom. The number of aromatic nitrogens is 2. The first-order valence-electron chi connectivity index (χ1n) is 9.12. The quantitative estimate of drug-likeness (QED) is 0.837. The van der Waals surface area contributed by atoms with Crippen LogP contribution in [-0.2, 0) is 4.79 Å². The fraction of sp³-hybridized carbons (Fsp3) is 0.421. The van der Waals surface area contributed by atoms with E-state index in [2.05, 4.69) is 20.6 Å². The molecular weight excluding hydrogens is 368 g/mol. The number of aryl methyl sites for hydroxylation is 1. The zero-order chi connectivity index (χ0) is 20.0. The van der Waals surface area contributed by atoms with Crippen LogP contribution in [0.2, 0.25) is 0 Å². The van der Waals surface area contributed by atoms with Crippen molar-refractivity contribution in [3.63, 3.8) is 0 Å². The third-order valence-electron chi connectivity index (χ3n) is 5.24. The molecule has 28 heavy (non-hydrogen) atoms. The minimum absolute atomic E-state index is 0.0805. The van der Waals surface area contributed by atoms with Crippen LogP contribution < -0.4 is 20.3 Å². The van der Waals surface area contributed by atoms with Gasteiger partial charge in [0.1, 0.15) is 23.6 Å². The summed E-state index contributed by atoms with van der Waals surface area (Å²) in [5, 5.41) is 6.13. The van der Waals surface area contributed by atoms with Crippen molar-refractivity contribution in [1.29, 1.82) is 0 Å². The molecule has 0 spiro atoms. The lowest BCUT2D eigenvalue weighted by molar-refractivity contribution is -0.117. The van der Waals surface area contributed by atoms with Crippen molar-refractivity contribution < 1.29 is 18.3 Å². The highest BCUT2D eigenvalue weighted by Crippen LogP contribution is 2.34. The van der Waals surface area contributed by atoms with E-state index in [1.54, 1.807) is 0 Å². The van der Waals surface area contributed by atoms with E-state index in [1.165, 1.54) is 6.07 Å². The second kappa shape index (κ2) is 6.88. The Balaban J connectivity index is 1.39. The Morgan fingerprint density at radius 1 is 1.25 bits per heavy atom. The molecule has 1 aliphatic carbocycles. The number of benzene rings is 1. The van der Waals surface area contributed by atoms with Crippen LogP contribution in [0.3, 0.4) is 0 Å². The largest absolute Gasteiger partial charge is 0.490 e. The van der Waals surface area contributed by atoms with E-state index in [0.717, 1.165) is 12.1 Å². The molecule has 1 aliphatic heterocycles. The van der Waals surface area contributed by atoms with E-state index < -0.39 is 11.6 Å².